The molecule has 0 bridgehead atoms. The molecule has 0 spiro atoms. The minimum absolute atomic E-state index is 0.146. The minimum Gasteiger partial charge on any atom is -0.392 e. The predicted molar refractivity (Wildman–Crippen MR) is 73.8 cm³/mol. The summed E-state index contributed by atoms with van der Waals surface area (Å²) in [5.41, 5.74) is 3.72. The van der Waals surface area contributed by atoms with Crippen LogP contribution < -0.4 is 10.6 Å². The summed E-state index contributed by atoms with van der Waals surface area (Å²) in [6.07, 6.45) is 3.91. The second-order valence-electron chi connectivity index (χ2n) is 5.59. The number of nitrogens with one attached hydrogen (secondary N) is 2. The Morgan fingerprint density at radius 1 is 1.22 bits per heavy atom. The minimum atomic E-state index is 0.146. The number of aliphatic hydroxyl groups excluding tert-OH is 1. The molecule has 98 valence electrons. The molecule has 1 aromatic rings. The van der Waals surface area contributed by atoms with Crippen LogP contribution in [0.4, 0.5) is 5.69 Å². The molecule has 3 rings (SSSR count). The van der Waals surface area contributed by atoms with Gasteiger partial charge in [0.2, 0.25) is 0 Å². The van der Waals surface area contributed by atoms with Crippen molar-refractivity contribution in [3.63, 3.8) is 0 Å². The Morgan fingerprint density at radius 3 is 2.83 bits per heavy atom. The van der Waals surface area contributed by atoms with Crippen LogP contribution >= 0.6 is 0 Å². The summed E-state index contributed by atoms with van der Waals surface area (Å²) < 4.78 is 0. The lowest BCUT2D eigenvalue weighted by Gasteiger charge is -2.25. The monoisotopic (exact) mass is 246 g/mol. The molecule has 18 heavy (non-hydrogen) atoms. The topological polar surface area (TPSA) is 44.3 Å². The summed E-state index contributed by atoms with van der Waals surface area (Å²) in [4.78, 5) is 0. The van der Waals surface area contributed by atoms with Gasteiger partial charge in [0.25, 0.3) is 0 Å². The van der Waals surface area contributed by atoms with Crippen LogP contribution in [0.1, 0.15) is 36.3 Å². The fraction of sp³-hybridized carbons (Fsp3) is 0.600. The van der Waals surface area contributed by atoms with Gasteiger partial charge in [-0.1, -0.05) is 12.1 Å². The van der Waals surface area contributed by atoms with Crippen LogP contribution in [0, 0.1) is 5.92 Å². The van der Waals surface area contributed by atoms with E-state index in [1.165, 1.54) is 43.6 Å². The molecule has 1 atom stereocenters. The van der Waals surface area contributed by atoms with Crippen molar-refractivity contribution in [3.05, 3.63) is 29.3 Å². The highest BCUT2D eigenvalue weighted by molar-refractivity contribution is 5.58. The van der Waals surface area contributed by atoms with Crippen LogP contribution in [-0.2, 0) is 6.61 Å². The van der Waals surface area contributed by atoms with Crippen molar-refractivity contribution >= 4 is 5.69 Å². The highest BCUT2D eigenvalue weighted by Crippen LogP contribution is 2.37. The average molecular weight is 246 g/mol. The summed E-state index contributed by atoms with van der Waals surface area (Å²) >= 11 is 0. The van der Waals surface area contributed by atoms with E-state index >= 15 is 0 Å². The van der Waals surface area contributed by atoms with Crippen molar-refractivity contribution in [2.75, 3.05) is 25.0 Å². The molecular weight excluding hydrogens is 224 g/mol. The number of rotatable bonds is 3. The third-order valence-electron chi connectivity index (χ3n) is 4.35. The summed E-state index contributed by atoms with van der Waals surface area (Å²) in [6.45, 7) is 3.56. The van der Waals surface area contributed by atoms with E-state index in [2.05, 4.69) is 22.8 Å². The second-order valence-corrected chi connectivity index (χ2v) is 5.59. The van der Waals surface area contributed by atoms with Crippen LogP contribution in [0.15, 0.2) is 18.2 Å². The molecule has 1 unspecified atom stereocenters. The first kappa shape index (κ1) is 12.0. The van der Waals surface area contributed by atoms with E-state index in [0.717, 1.165) is 18.0 Å². The molecule has 0 saturated carbocycles. The van der Waals surface area contributed by atoms with E-state index in [0.29, 0.717) is 5.92 Å². The highest BCUT2D eigenvalue weighted by atomic mass is 16.3. The molecule has 3 nitrogen and oxygen atoms in total. The maximum absolute atomic E-state index is 9.25. The van der Waals surface area contributed by atoms with Gasteiger partial charge < -0.3 is 15.7 Å². The van der Waals surface area contributed by atoms with Crippen molar-refractivity contribution in [3.8, 4) is 0 Å². The van der Waals surface area contributed by atoms with E-state index in [1.807, 2.05) is 6.07 Å². The van der Waals surface area contributed by atoms with Crippen LogP contribution in [0.25, 0.3) is 0 Å². The standard InChI is InChI=1S/C15H22N2O/c18-10-12-1-2-15-14(8-12)13(9-17-15)7-11-3-5-16-6-4-11/h1-2,8,11,13,16-18H,3-7,9-10H2. The molecule has 2 aliphatic rings. The van der Waals surface area contributed by atoms with Gasteiger partial charge >= 0.3 is 0 Å². The largest absolute Gasteiger partial charge is 0.392 e. The Balaban J connectivity index is 1.72. The molecule has 3 N–H and O–H groups in total. The molecule has 3 heteroatoms. The molecule has 0 radical (unpaired) electrons. The zero-order chi connectivity index (χ0) is 12.4. The maximum atomic E-state index is 9.25. The normalized spacial score (nSPS) is 23.7. The predicted octanol–water partition coefficient (Wildman–Crippen LogP) is 2.08. The lowest BCUT2D eigenvalue weighted by atomic mass is 9.85. The van der Waals surface area contributed by atoms with Gasteiger partial charge in [0.15, 0.2) is 0 Å². The third-order valence-corrected chi connectivity index (χ3v) is 4.35. The van der Waals surface area contributed by atoms with Gasteiger partial charge in [0.1, 0.15) is 0 Å². The van der Waals surface area contributed by atoms with Crippen LogP contribution in [0.3, 0.4) is 0 Å². The molecule has 0 aliphatic carbocycles. The maximum Gasteiger partial charge on any atom is 0.0681 e. The molecule has 1 saturated heterocycles. The number of benzene rings is 1. The van der Waals surface area contributed by atoms with Crippen molar-refractivity contribution in [1.82, 2.24) is 5.32 Å². The zero-order valence-electron chi connectivity index (χ0n) is 10.8. The van der Waals surface area contributed by atoms with Crippen molar-refractivity contribution in [1.29, 1.82) is 0 Å². The van der Waals surface area contributed by atoms with E-state index < -0.39 is 0 Å². The number of hydrogen-bond donors (Lipinski definition) is 3. The SMILES string of the molecule is OCc1ccc2c(c1)C(CC1CCNCC1)CN2. The van der Waals surface area contributed by atoms with Crippen molar-refractivity contribution in [2.45, 2.75) is 31.8 Å². The van der Waals surface area contributed by atoms with Crippen molar-refractivity contribution in [2.24, 2.45) is 5.92 Å². The third kappa shape index (κ3) is 2.38. The smallest absolute Gasteiger partial charge is 0.0681 e. The molecule has 0 amide bonds. The van der Waals surface area contributed by atoms with Gasteiger partial charge in [-0.15, -0.1) is 0 Å². The number of piperidine rings is 1. The highest BCUT2D eigenvalue weighted by Gasteiger charge is 2.26. The van der Waals surface area contributed by atoms with Gasteiger partial charge in [-0.05, 0) is 55.5 Å². The van der Waals surface area contributed by atoms with Gasteiger partial charge in [-0.2, -0.15) is 0 Å². The first-order chi connectivity index (χ1) is 8.86. The lowest BCUT2D eigenvalue weighted by Crippen LogP contribution is -2.28. The molecule has 0 aromatic heterocycles. The Kier molecular flexibility index (Phi) is 3.52. The van der Waals surface area contributed by atoms with Gasteiger partial charge in [0, 0.05) is 18.2 Å². The number of anilines is 1. The quantitative estimate of drug-likeness (QED) is 0.765. The Morgan fingerprint density at radius 2 is 2.06 bits per heavy atom. The van der Waals surface area contributed by atoms with Crippen LogP contribution in [0.5, 0.6) is 0 Å². The molecular formula is C15H22N2O. The Hall–Kier alpha value is -1.06. The second kappa shape index (κ2) is 5.29. The first-order valence-electron chi connectivity index (χ1n) is 7.05. The number of aliphatic hydroxyl groups is 1. The summed E-state index contributed by atoms with van der Waals surface area (Å²) in [7, 11) is 0. The molecule has 2 heterocycles. The molecule has 1 aromatic carbocycles. The summed E-state index contributed by atoms with van der Waals surface area (Å²) in [6, 6.07) is 6.31. The fourth-order valence-electron chi connectivity index (χ4n) is 3.28. The Labute approximate surface area is 109 Å². The summed E-state index contributed by atoms with van der Waals surface area (Å²) in [5.74, 6) is 1.50. The van der Waals surface area contributed by atoms with E-state index in [4.69, 9.17) is 0 Å². The number of hydrogen-bond acceptors (Lipinski definition) is 3. The van der Waals surface area contributed by atoms with Gasteiger partial charge in [-0.25, -0.2) is 0 Å². The van der Waals surface area contributed by atoms with Gasteiger partial charge in [-0.3, -0.25) is 0 Å². The van der Waals surface area contributed by atoms with Crippen molar-refractivity contribution < 1.29 is 5.11 Å². The zero-order valence-corrected chi connectivity index (χ0v) is 10.8. The lowest BCUT2D eigenvalue weighted by molar-refractivity contribution is 0.281. The average Bonchev–Trinajstić information content (AvgIpc) is 2.82. The van der Waals surface area contributed by atoms with Crippen LogP contribution in [-0.4, -0.2) is 24.7 Å². The molecule has 1 fully saturated rings. The van der Waals surface area contributed by atoms with Gasteiger partial charge in [0.05, 0.1) is 6.61 Å². The van der Waals surface area contributed by atoms with Crippen LogP contribution in [0.2, 0.25) is 0 Å². The fourth-order valence-corrected chi connectivity index (χ4v) is 3.28. The Bertz CT molecular complexity index is 413. The number of fused-ring (bicyclic) bond motifs is 1. The summed E-state index contributed by atoms with van der Waals surface area (Å²) in [5, 5.41) is 16.2. The molecule has 2 aliphatic heterocycles. The first-order valence-corrected chi connectivity index (χ1v) is 7.05. The van der Waals surface area contributed by atoms with E-state index in [-0.39, 0.29) is 6.61 Å². The van der Waals surface area contributed by atoms with E-state index in [1.54, 1.807) is 0 Å². The van der Waals surface area contributed by atoms with E-state index in [9.17, 15) is 5.11 Å².